The Hall–Kier alpha value is -1.82. The number of nitrogens with one attached hydrogen (secondary N) is 1. The van der Waals surface area contributed by atoms with Crippen molar-refractivity contribution in [3.05, 3.63) is 22.9 Å². The third kappa shape index (κ3) is 5.83. The van der Waals surface area contributed by atoms with Crippen molar-refractivity contribution in [2.24, 2.45) is 0 Å². The van der Waals surface area contributed by atoms with Crippen LogP contribution in [-0.2, 0) is 4.74 Å². The van der Waals surface area contributed by atoms with Crippen molar-refractivity contribution in [1.82, 2.24) is 15.2 Å². The summed E-state index contributed by atoms with van der Waals surface area (Å²) in [6, 6.07) is 2.87. The van der Waals surface area contributed by atoms with Crippen LogP contribution in [0.15, 0.2) is 6.07 Å². The number of carbonyl (C=O) groups excluding carboxylic acids is 1. The molecule has 0 radical (unpaired) electrons. The lowest BCUT2D eigenvalue weighted by Gasteiger charge is -2.37. The van der Waals surface area contributed by atoms with Gasteiger partial charge in [-0.2, -0.15) is 0 Å². The van der Waals surface area contributed by atoms with Crippen LogP contribution < -0.4 is 10.2 Å². The summed E-state index contributed by atoms with van der Waals surface area (Å²) < 4.78 is 5.50. The molecule has 2 heterocycles. The summed E-state index contributed by atoms with van der Waals surface area (Å²) >= 11 is 0. The molecule has 1 saturated heterocycles. The highest BCUT2D eigenvalue weighted by molar-refractivity contribution is 5.68. The van der Waals surface area contributed by atoms with E-state index >= 15 is 0 Å². The third-order valence-corrected chi connectivity index (χ3v) is 4.76. The molecule has 0 unspecified atom stereocenters. The Morgan fingerprint density at radius 3 is 2.26 bits per heavy atom. The third-order valence-electron chi connectivity index (χ3n) is 4.76. The summed E-state index contributed by atoms with van der Waals surface area (Å²) in [5.41, 5.74) is 3.02. The standard InChI is InChI=1S/C21H36N4O2/c1-14(2)22-17(5)18-13-15(3)16(4)23-19(18)24-9-11-25(12-10-24)20(26)27-21(6,7)8/h13-14,17,22H,9-12H2,1-8H3/t17-/m1/s1. The second-order valence-electron chi connectivity index (χ2n) is 8.80. The summed E-state index contributed by atoms with van der Waals surface area (Å²) in [5, 5.41) is 3.59. The molecule has 6 nitrogen and oxygen atoms in total. The lowest BCUT2D eigenvalue weighted by atomic mass is 10.0. The van der Waals surface area contributed by atoms with E-state index in [1.807, 2.05) is 20.8 Å². The van der Waals surface area contributed by atoms with E-state index in [4.69, 9.17) is 9.72 Å². The van der Waals surface area contributed by atoms with Gasteiger partial charge in [-0.3, -0.25) is 0 Å². The van der Waals surface area contributed by atoms with Crippen molar-refractivity contribution < 1.29 is 9.53 Å². The molecule has 1 aliphatic heterocycles. The normalized spacial score (nSPS) is 16.6. The van der Waals surface area contributed by atoms with E-state index in [2.05, 4.69) is 50.9 Å². The van der Waals surface area contributed by atoms with Gasteiger partial charge in [-0.1, -0.05) is 13.8 Å². The number of aryl methyl sites for hydroxylation is 2. The van der Waals surface area contributed by atoms with Crippen molar-refractivity contribution >= 4 is 11.9 Å². The second-order valence-corrected chi connectivity index (χ2v) is 8.80. The van der Waals surface area contributed by atoms with Crippen LogP contribution in [0, 0.1) is 13.8 Å². The molecular formula is C21H36N4O2. The molecule has 6 heteroatoms. The Morgan fingerprint density at radius 2 is 1.74 bits per heavy atom. The molecule has 1 N–H and O–H groups in total. The van der Waals surface area contributed by atoms with Crippen LogP contribution in [0.3, 0.4) is 0 Å². The fourth-order valence-corrected chi connectivity index (χ4v) is 3.30. The van der Waals surface area contributed by atoms with E-state index < -0.39 is 5.60 Å². The first-order valence-corrected chi connectivity index (χ1v) is 9.95. The summed E-state index contributed by atoms with van der Waals surface area (Å²) in [5.74, 6) is 1.03. The van der Waals surface area contributed by atoms with Crippen LogP contribution >= 0.6 is 0 Å². The minimum absolute atomic E-state index is 0.218. The molecule has 0 saturated carbocycles. The van der Waals surface area contributed by atoms with Gasteiger partial charge in [-0.25, -0.2) is 9.78 Å². The molecule has 2 rings (SSSR count). The zero-order chi connectivity index (χ0) is 20.4. The zero-order valence-corrected chi connectivity index (χ0v) is 18.2. The van der Waals surface area contributed by atoms with Crippen LogP contribution in [0.1, 0.15) is 64.4 Å². The van der Waals surface area contributed by atoms with Gasteiger partial charge in [0.25, 0.3) is 0 Å². The first kappa shape index (κ1) is 21.5. The highest BCUT2D eigenvalue weighted by atomic mass is 16.6. The maximum absolute atomic E-state index is 12.3. The highest BCUT2D eigenvalue weighted by Crippen LogP contribution is 2.28. The van der Waals surface area contributed by atoms with E-state index in [-0.39, 0.29) is 12.1 Å². The van der Waals surface area contributed by atoms with Crippen LogP contribution in [0.5, 0.6) is 0 Å². The van der Waals surface area contributed by atoms with Gasteiger partial charge >= 0.3 is 6.09 Å². The van der Waals surface area contributed by atoms with E-state index in [1.54, 1.807) is 4.90 Å². The Labute approximate surface area is 164 Å². The first-order valence-electron chi connectivity index (χ1n) is 9.95. The lowest BCUT2D eigenvalue weighted by molar-refractivity contribution is 0.0240. The van der Waals surface area contributed by atoms with Crippen LogP contribution in [0.2, 0.25) is 0 Å². The molecule has 1 amide bonds. The maximum Gasteiger partial charge on any atom is 0.410 e. The van der Waals surface area contributed by atoms with Gasteiger partial charge < -0.3 is 19.9 Å². The zero-order valence-electron chi connectivity index (χ0n) is 18.2. The Morgan fingerprint density at radius 1 is 1.15 bits per heavy atom. The molecular weight excluding hydrogens is 340 g/mol. The van der Waals surface area contributed by atoms with Crippen molar-refractivity contribution in [3.63, 3.8) is 0 Å². The number of ether oxygens (including phenoxy) is 1. The molecule has 0 spiro atoms. The maximum atomic E-state index is 12.3. The van der Waals surface area contributed by atoms with Crippen molar-refractivity contribution in [2.75, 3.05) is 31.1 Å². The van der Waals surface area contributed by atoms with E-state index in [0.717, 1.165) is 24.6 Å². The predicted octanol–water partition coefficient (Wildman–Crippen LogP) is 3.81. The number of aromatic nitrogens is 1. The number of hydrogen-bond donors (Lipinski definition) is 1. The highest BCUT2D eigenvalue weighted by Gasteiger charge is 2.28. The van der Waals surface area contributed by atoms with Gasteiger partial charge in [0.1, 0.15) is 11.4 Å². The summed E-state index contributed by atoms with van der Waals surface area (Å²) in [7, 11) is 0. The fraction of sp³-hybridized carbons (Fsp3) is 0.714. The number of anilines is 1. The largest absolute Gasteiger partial charge is 0.444 e. The van der Waals surface area contributed by atoms with Crippen LogP contribution in [0.4, 0.5) is 10.6 Å². The van der Waals surface area contributed by atoms with Crippen molar-refractivity contribution in [3.8, 4) is 0 Å². The van der Waals surface area contributed by atoms with Gasteiger partial charge in [0, 0.05) is 49.5 Å². The molecule has 0 bridgehead atoms. The van der Waals surface area contributed by atoms with Gasteiger partial charge in [0.2, 0.25) is 0 Å². The fourth-order valence-electron chi connectivity index (χ4n) is 3.30. The molecule has 1 fully saturated rings. The lowest BCUT2D eigenvalue weighted by Crippen LogP contribution is -2.50. The first-order chi connectivity index (χ1) is 12.5. The van der Waals surface area contributed by atoms with Gasteiger partial charge in [0.15, 0.2) is 0 Å². The number of nitrogens with zero attached hydrogens (tertiary/aromatic N) is 3. The summed E-state index contributed by atoms with van der Waals surface area (Å²) in [4.78, 5) is 21.3. The average molecular weight is 377 g/mol. The average Bonchev–Trinajstić information content (AvgIpc) is 2.55. The smallest absolute Gasteiger partial charge is 0.410 e. The minimum Gasteiger partial charge on any atom is -0.444 e. The minimum atomic E-state index is -0.463. The van der Waals surface area contributed by atoms with E-state index in [0.29, 0.717) is 19.1 Å². The molecule has 0 aliphatic carbocycles. The number of rotatable bonds is 4. The molecule has 0 aromatic carbocycles. The van der Waals surface area contributed by atoms with E-state index in [1.165, 1.54) is 11.1 Å². The quantitative estimate of drug-likeness (QED) is 0.866. The van der Waals surface area contributed by atoms with Crippen molar-refractivity contribution in [1.29, 1.82) is 0 Å². The number of hydrogen-bond acceptors (Lipinski definition) is 5. The molecule has 1 aliphatic rings. The Balaban J connectivity index is 2.15. The molecule has 1 aromatic rings. The van der Waals surface area contributed by atoms with Crippen LogP contribution in [-0.4, -0.2) is 53.8 Å². The van der Waals surface area contributed by atoms with Crippen LogP contribution in [0.25, 0.3) is 0 Å². The van der Waals surface area contributed by atoms with Crippen molar-refractivity contribution in [2.45, 2.75) is 73.1 Å². The summed E-state index contributed by atoms with van der Waals surface area (Å²) in [6.45, 7) is 19.2. The Kier molecular flexibility index (Phi) is 6.73. The van der Waals surface area contributed by atoms with Gasteiger partial charge in [0.05, 0.1) is 0 Å². The number of pyridine rings is 1. The SMILES string of the molecule is Cc1cc([C@@H](C)NC(C)C)c(N2CCN(C(=O)OC(C)(C)C)CC2)nc1C. The van der Waals surface area contributed by atoms with Gasteiger partial charge in [-0.15, -0.1) is 0 Å². The second kappa shape index (κ2) is 8.46. The molecule has 1 aromatic heterocycles. The molecule has 152 valence electrons. The number of carbonyl (C=O) groups is 1. The number of piperazine rings is 1. The van der Waals surface area contributed by atoms with Gasteiger partial charge in [-0.05, 0) is 53.2 Å². The molecule has 1 atom stereocenters. The monoisotopic (exact) mass is 376 g/mol. The molecule has 27 heavy (non-hydrogen) atoms. The number of amides is 1. The topological polar surface area (TPSA) is 57.7 Å². The summed E-state index contributed by atoms with van der Waals surface area (Å²) in [6.07, 6.45) is -0.231. The Bertz CT molecular complexity index is 659. The predicted molar refractivity (Wildman–Crippen MR) is 110 cm³/mol. The van der Waals surface area contributed by atoms with E-state index in [9.17, 15) is 4.79 Å².